The van der Waals surface area contributed by atoms with Gasteiger partial charge in [-0.05, 0) is 26.0 Å². The summed E-state index contributed by atoms with van der Waals surface area (Å²) in [6.45, 7) is 3.31. The van der Waals surface area contributed by atoms with Crippen molar-refractivity contribution >= 4 is 22.6 Å². The zero-order valence-electron chi connectivity index (χ0n) is 10.5. The van der Waals surface area contributed by atoms with Crippen molar-refractivity contribution in [1.82, 2.24) is 9.19 Å². The van der Waals surface area contributed by atoms with E-state index in [0.717, 1.165) is 4.09 Å². The fourth-order valence-corrected chi connectivity index (χ4v) is 3.45. The first kappa shape index (κ1) is 13.8. The molecule has 6 nitrogen and oxygen atoms in total. The summed E-state index contributed by atoms with van der Waals surface area (Å²) in [6.07, 6.45) is 0. The van der Waals surface area contributed by atoms with Crippen molar-refractivity contribution in [2.45, 2.75) is 18.7 Å². The minimum Gasteiger partial charge on any atom is -0.423 e. The average Bonchev–Trinajstić information content (AvgIpc) is 2.69. The van der Waals surface area contributed by atoms with Gasteiger partial charge in [0.1, 0.15) is 0 Å². The zero-order chi connectivity index (χ0) is 14.2. The van der Waals surface area contributed by atoms with Gasteiger partial charge in [0.25, 0.3) is 10.0 Å². The molecule has 0 fully saturated rings. The van der Waals surface area contributed by atoms with Gasteiger partial charge in [0.15, 0.2) is 0 Å². The van der Waals surface area contributed by atoms with E-state index in [1.807, 2.05) is 0 Å². The largest absolute Gasteiger partial charge is 0.489 e. The molecule has 0 atom stereocenters. The number of benzene rings is 1. The second kappa shape index (κ2) is 4.80. The van der Waals surface area contributed by atoms with E-state index >= 15 is 0 Å². The molecule has 0 spiro atoms. The molecule has 1 aromatic carbocycles. The van der Waals surface area contributed by atoms with Crippen LogP contribution in [0.3, 0.4) is 0 Å². The molecule has 0 unspecified atom stereocenters. The molecule has 19 heavy (non-hydrogen) atoms. The molecule has 0 aliphatic carbocycles. The third-order valence-electron chi connectivity index (χ3n) is 2.67. The van der Waals surface area contributed by atoms with Crippen LogP contribution in [0.4, 0.5) is 0 Å². The highest BCUT2D eigenvalue weighted by molar-refractivity contribution is 7.90. The van der Waals surface area contributed by atoms with E-state index in [4.69, 9.17) is 0 Å². The van der Waals surface area contributed by atoms with Gasteiger partial charge in [0, 0.05) is 5.46 Å². The molecule has 0 radical (unpaired) electrons. The Morgan fingerprint density at radius 2 is 1.84 bits per heavy atom. The smallest absolute Gasteiger partial charge is 0.423 e. The lowest BCUT2D eigenvalue weighted by molar-refractivity contribution is 0.424. The topological polar surface area (TPSA) is 92.4 Å². The molecule has 2 rings (SSSR count). The second-order valence-corrected chi connectivity index (χ2v) is 5.92. The molecule has 0 saturated carbocycles. The second-order valence-electron chi connectivity index (χ2n) is 4.19. The first-order valence-electron chi connectivity index (χ1n) is 5.58. The van der Waals surface area contributed by atoms with Crippen LogP contribution in [0.5, 0.6) is 0 Å². The lowest BCUT2D eigenvalue weighted by atomic mass is 9.80. The van der Waals surface area contributed by atoms with Crippen molar-refractivity contribution < 1.29 is 18.5 Å². The Bertz CT molecular complexity index is 709. The van der Waals surface area contributed by atoms with Gasteiger partial charge in [0.2, 0.25) is 0 Å². The standard InChI is InChI=1S/C11H13BN2O4S/c1-8-7-9(2)14(13-8)19(17,18)11-6-4-3-5-10(11)12(15)16/h3-7,15-16H,1-2H3. The third kappa shape index (κ3) is 2.42. The minimum atomic E-state index is -3.94. The fourth-order valence-electron chi connectivity index (χ4n) is 1.87. The van der Waals surface area contributed by atoms with Crippen LogP contribution in [0.15, 0.2) is 35.2 Å². The summed E-state index contributed by atoms with van der Waals surface area (Å²) >= 11 is 0. The van der Waals surface area contributed by atoms with Crippen LogP contribution in [0.1, 0.15) is 11.4 Å². The van der Waals surface area contributed by atoms with Crippen molar-refractivity contribution in [3.8, 4) is 0 Å². The van der Waals surface area contributed by atoms with Gasteiger partial charge in [-0.1, -0.05) is 18.2 Å². The molecule has 0 aliphatic rings. The van der Waals surface area contributed by atoms with Gasteiger partial charge in [-0.2, -0.15) is 17.6 Å². The predicted molar refractivity (Wildman–Crippen MR) is 70.6 cm³/mol. The highest BCUT2D eigenvalue weighted by Crippen LogP contribution is 2.14. The molecule has 2 aromatic rings. The molecule has 0 bridgehead atoms. The van der Waals surface area contributed by atoms with Crippen LogP contribution in [-0.2, 0) is 10.0 Å². The Morgan fingerprint density at radius 3 is 2.37 bits per heavy atom. The van der Waals surface area contributed by atoms with Crippen LogP contribution in [-0.4, -0.2) is 34.8 Å². The van der Waals surface area contributed by atoms with Crippen molar-refractivity contribution in [2.24, 2.45) is 0 Å². The SMILES string of the molecule is Cc1cc(C)n(S(=O)(=O)c2ccccc2B(O)O)n1. The fraction of sp³-hybridized carbons (Fsp3) is 0.182. The maximum atomic E-state index is 12.5. The molecule has 1 heterocycles. The van der Waals surface area contributed by atoms with Gasteiger partial charge >= 0.3 is 7.12 Å². The summed E-state index contributed by atoms with van der Waals surface area (Å²) in [5.74, 6) is 0. The lowest BCUT2D eigenvalue weighted by Gasteiger charge is -2.10. The summed E-state index contributed by atoms with van der Waals surface area (Å²) in [5, 5.41) is 22.4. The zero-order valence-corrected chi connectivity index (χ0v) is 11.3. The number of rotatable bonds is 3. The van der Waals surface area contributed by atoms with Gasteiger partial charge in [-0.15, -0.1) is 0 Å². The van der Waals surface area contributed by atoms with Gasteiger partial charge in [-0.25, -0.2) is 0 Å². The molecule has 0 saturated heterocycles. The van der Waals surface area contributed by atoms with Gasteiger partial charge in [-0.3, -0.25) is 0 Å². The van der Waals surface area contributed by atoms with Crippen molar-refractivity contribution in [1.29, 1.82) is 0 Å². The van der Waals surface area contributed by atoms with Gasteiger partial charge < -0.3 is 10.0 Å². The summed E-state index contributed by atoms with van der Waals surface area (Å²) < 4.78 is 25.8. The Hall–Kier alpha value is -1.64. The third-order valence-corrected chi connectivity index (χ3v) is 4.42. The molecule has 0 aliphatic heterocycles. The van der Waals surface area contributed by atoms with E-state index in [9.17, 15) is 18.5 Å². The summed E-state index contributed by atoms with van der Waals surface area (Å²) in [7, 11) is -5.80. The summed E-state index contributed by atoms with van der Waals surface area (Å²) in [5.41, 5.74) is 0.956. The number of hydrogen-bond donors (Lipinski definition) is 2. The molecule has 2 N–H and O–H groups in total. The summed E-state index contributed by atoms with van der Waals surface area (Å²) in [6, 6.07) is 7.36. The highest BCUT2D eigenvalue weighted by atomic mass is 32.2. The van der Waals surface area contributed by atoms with E-state index in [1.165, 1.54) is 24.3 Å². The van der Waals surface area contributed by atoms with Crippen LogP contribution in [0.2, 0.25) is 0 Å². The van der Waals surface area contributed by atoms with Crippen LogP contribution < -0.4 is 5.46 Å². The molecule has 1 aromatic heterocycles. The molecular formula is C11H13BN2O4S. The van der Waals surface area contributed by atoms with E-state index in [-0.39, 0.29) is 10.4 Å². The molecule has 100 valence electrons. The van der Waals surface area contributed by atoms with E-state index in [1.54, 1.807) is 19.9 Å². The van der Waals surface area contributed by atoms with Crippen molar-refractivity contribution in [2.75, 3.05) is 0 Å². The van der Waals surface area contributed by atoms with Crippen LogP contribution >= 0.6 is 0 Å². The monoisotopic (exact) mass is 280 g/mol. The first-order valence-corrected chi connectivity index (χ1v) is 7.02. The van der Waals surface area contributed by atoms with Gasteiger partial charge in [0.05, 0.1) is 16.3 Å². The normalized spacial score (nSPS) is 11.6. The van der Waals surface area contributed by atoms with Crippen LogP contribution in [0.25, 0.3) is 0 Å². The maximum absolute atomic E-state index is 12.5. The summed E-state index contributed by atoms with van der Waals surface area (Å²) in [4.78, 5) is -0.170. The van der Waals surface area contributed by atoms with Crippen molar-refractivity contribution in [3.63, 3.8) is 0 Å². The number of aromatic nitrogens is 2. The molecular weight excluding hydrogens is 267 g/mol. The Labute approximate surface area is 111 Å². The average molecular weight is 280 g/mol. The van der Waals surface area contributed by atoms with E-state index in [0.29, 0.717) is 11.4 Å². The quantitative estimate of drug-likeness (QED) is 0.734. The minimum absolute atomic E-state index is 0.0740. The number of aryl methyl sites for hydroxylation is 2. The van der Waals surface area contributed by atoms with E-state index < -0.39 is 17.1 Å². The maximum Gasteiger partial charge on any atom is 0.489 e. The molecule has 0 amide bonds. The molecule has 8 heteroatoms. The number of hydrogen-bond acceptors (Lipinski definition) is 5. The van der Waals surface area contributed by atoms with Crippen LogP contribution in [0, 0.1) is 13.8 Å². The Morgan fingerprint density at radius 1 is 1.21 bits per heavy atom. The Kier molecular flexibility index (Phi) is 3.48. The highest BCUT2D eigenvalue weighted by Gasteiger charge is 2.27. The van der Waals surface area contributed by atoms with E-state index in [2.05, 4.69) is 5.10 Å². The van der Waals surface area contributed by atoms with Crippen molar-refractivity contribution in [3.05, 3.63) is 41.7 Å². The Balaban J connectivity index is 2.67. The first-order chi connectivity index (χ1) is 8.84. The predicted octanol–water partition coefficient (Wildman–Crippen LogP) is -0.583. The lowest BCUT2D eigenvalue weighted by Crippen LogP contribution is -2.35. The number of nitrogens with zero attached hydrogens (tertiary/aromatic N) is 2.